The number of halogens is 4. The van der Waals surface area contributed by atoms with E-state index in [1.807, 2.05) is 0 Å². The number of carbonyl (C=O) groups excluding carboxylic acids is 1. The van der Waals surface area contributed by atoms with Crippen LogP contribution in [0.1, 0.15) is 25.3 Å². The minimum absolute atomic E-state index is 0. The number of nitrogens with two attached hydrogens (primary N) is 1. The Kier molecular flexibility index (Phi) is 8.09. The molecule has 0 spiro atoms. The van der Waals surface area contributed by atoms with Gasteiger partial charge in [-0.1, -0.05) is 6.07 Å². The van der Waals surface area contributed by atoms with Crippen molar-refractivity contribution in [3.63, 3.8) is 0 Å². The van der Waals surface area contributed by atoms with Gasteiger partial charge in [-0.05, 0) is 38.0 Å². The summed E-state index contributed by atoms with van der Waals surface area (Å²) in [5.41, 5.74) is 4.44. The summed E-state index contributed by atoms with van der Waals surface area (Å²) < 4.78 is 64.8. The zero-order valence-corrected chi connectivity index (χ0v) is 16.3. The van der Waals surface area contributed by atoms with E-state index in [1.165, 1.54) is 0 Å². The third kappa shape index (κ3) is 5.81. The van der Waals surface area contributed by atoms with Crippen molar-refractivity contribution in [2.75, 3.05) is 19.6 Å². The highest BCUT2D eigenvalue weighted by Gasteiger charge is 2.35. The molecule has 1 aliphatic rings. The highest BCUT2D eigenvalue weighted by Crippen LogP contribution is 2.32. The highest BCUT2D eigenvalue weighted by molar-refractivity contribution is 7.89. The lowest BCUT2D eigenvalue weighted by atomic mass is 9.97. The average molecular weight is 430 g/mol. The second-order valence-corrected chi connectivity index (χ2v) is 8.29. The summed E-state index contributed by atoms with van der Waals surface area (Å²) >= 11 is 0. The number of hydrogen-bond acceptors (Lipinski definition) is 4. The van der Waals surface area contributed by atoms with Crippen molar-refractivity contribution < 1.29 is 26.4 Å². The van der Waals surface area contributed by atoms with E-state index in [0.29, 0.717) is 25.5 Å². The molecule has 1 atom stereocenters. The van der Waals surface area contributed by atoms with Crippen molar-refractivity contribution in [2.24, 2.45) is 11.7 Å². The van der Waals surface area contributed by atoms with Gasteiger partial charge in [0.1, 0.15) is 0 Å². The highest BCUT2D eigenvalue weighted by atomic mass is 35.5. The summed E-state index contributed by atoms with van der Waals surface area (Å²) in [5.74, 6) is -0.518. The number of amides is 1. The number of carbonyl (C=O) groups is 1. The van der Waals surface area contributed by atoms with E-state index in [9.17, 15) is 26.4 Å². The first kappa shape index (κ1) is 23.7. The number of nitrogens with zero attached hydrogens (tertiary/aromatic N) is 1. The van der Waals surface area contributed by atoms with Gasteiger partial charge in [-0.3, -0.25) is 4.79 Å². The fourth-order valence-electron chi connectivity index (χ4n) is 2.76. The fraction of sp³-hybridized carbons (Fsp3) is 0.562. The topological polar surface area (TPSA) is 92.5 Å². The predicted molar refractivity (Wildman–Crippen MR) is 96.8 cm³/mol. The summed E-state index contributed by atoms with van der Waals surface area (Å²) in [6.07, 6.45) is -4.00. The first-order valence-electron chi connectivity index (χ1n) is 8.23. The Morgan fingerprint density at radius 3 is 2.44 bits per heavy atom. The van der Waals surface area contributed by atoms with Crippen LogP contribution in [-0.2, 0) is 21.0 Å². The van der Waals surface area contributed by atoms with Gasteiger partial charge in [-0.25, -0.2) is 8.42 Å². The van der Waals surface area contributed by atoms with Gasteiger partial charge in [0, 0.05) is 31.6 Å². The minimum Gasteiger partial charge on any atom is -0.352 e. The summed E-state index contributed by atoms with van der Waals surface area (Å²) in [7, 11) is -4.04. The van der Waals surface area contributed by atoms with Crippen molar-refractivity contribution in [3.8, 4) is 0 Å². The Bertz CT molecular complexity index is 751. The summed E-state index contributed by atoms with van der Waals surface area (Å²) in [6, 6.07) is 3.51. The van der Waals surface area contributed by atoms with Crippen LogP contribution in [-0.4, -0.2) is 44.3 Å². The van der Waals surface area contributed by atoms with E-state index in [1.54, 1.807) is 6.92 Å². The monoisotopic (exact) mass is 429 g/mol. The average Bonchev–Trinajstić information content (AvgIpc) is 2.61. The van der Waals surface area contributed by atoms with Crippen LogP contribution in [0.3, 0.4) is 0 Å². The zero-order valence-electron chi connectivity index (χ0n) is 14.7. The van der Waals surface area contributed by atoms with Gasteiger partial charge in [0.15, 0.2) is 0 Å². The molecule has 2 rings (SSSR count). The Morgan fingerprint density at radius 2 is 1.93 bits per heavy atom. The van der Waals surface area contributed by atoms with Crippen molar-refractivity contribution in [3.05, 3.63) is 29.8 Å². The molecule has 0 aromatic heterocycles. The molecule has 154 valence electrons. The van der Waals surface area contributed by atoms with E-state index in [-0.39, 0.29) is 43.4 Å². The van der Waals surface area contributed by atoms with Gasteiger partial charge >= 0.3 is 6.18 Å². The molecule has 0 bridgehead atoms. The van der Waals surface area contributed by atoms with Crippen LogP contribution in [0.25, 0.3) is 0 Å². The largest absolute Gasteiger partial charge is 0.416 e. The molecule has 1 fully saturated rings. The zero-order chi connectivity index (χ0) is 19.5. The number of rotatable bonds is 5. The standard InChI is InChI=1S/C16H22F3N3O3S.ClH/c1-11(10-20)21-15(23)12-5-7-22(8-6-12)26(24,25)14-4-2-3-13(9-14)16(17,18)19;/h2-4,9,11-12H,5-8,10,20H2,1H3,(H,21,23);1H/t11-;/m0./s1. The van der Waals surface area contributed by atoms with Gasteiger partial charge in [0.05, 0.1) is 10.5 Å². The molecule has 0 unspecified atom stereocenters. The molecule has 11 heteroatoms. The summed E-state index contributed by atoms with van der Waals surface area (Å²) in [6.45, 7) is 2.22. The molecule has 1 heterocycles. The molecular weight excluding hydrogens is 407 g/mol. The van der Waals surface area contributed by atoms with E-state index >= 15 is 0 Å². The number of piperidine rings is 1. The van der Waals surface area contributed by atoms with Crippen molar-refractivity contribution in [1.82, 2.24) is 9.62 Å². The quantitative estimate of drug-likeness (QED) is 0.748. The predicted octanol–water partition coefficient (Wildman–Crippen LogP) is 1.99. The molecule has 1 amide bonds. The lowest BCUT2D eigenvalue weighted by Crippen LogP contribution is -2.46. The normalized spacial score (nSPS) is 17.8. The number of sulfonamides is 1. The maximum absolute atomic E-state index is 12.8. The summed E-state index contributed by atoms with van der Waals surface area (Å²) in [5, 5.41) is 2.75. The third-order valence-corrected chi connectivity index (χ3v) is 6.26. The van der Waals surface area contributed by atoms with E-state index in [4.69, 9.17) is 5.73 Å². The third-order valence-electron chi connectivity index (χ3n) is 4.37. The molecule has 1 aliphatic heterocycles. The van der Waals surface area contributed by atoms with Crippen LogP contribution < -0.4 is 11.1 Å². The Balaban J connectivity index is 0.00000364. The molecule has 0 radical (unpaired) electrons. The Labute approximate surface area is 162 Å². The Hall–Kier alpha value is -1.36. The van der Waals surface area contributed by atoms with Crippen molar-refractivity contribution in [2.45, 2.75) is 36.9 Å². The van der Waals surface area contributed by atoms with Crippen molar-refractivity contribution in [1.29, 1.82) is 0 Å². The van der Waals surface area contributed by atoms with Gasteiger partial charge in [-0.15, -0.1) is 12.4 Å². The van der Waals surface area contributed by atoms with Gasteiger partial charge in [0.2, 0.25) is 15.9 Å². The van der Waals surface area contributed by atoms with Gasteiger partial charge < -0.3 is 11.1 Å². The molecule has 3 N–H and O–H groups in total. The number of alkyl halides is 3. The van der Waals surface area contributed by atoms with Crippen LogP contribution in [0.15, 0.2) is 29.2 Å². The lowest BCUT2D eigenvalue weighted by Gasteiger charge is -2.31. The first-order chi connectivity index (χ1) is 12.1. The molecular formula is C16H23ClF3N3O3S. The van der Waals surface area contributed by atoms with Crippen LogP contribution in [0.5, 0.6) is 0 Å². The first-order valence-corrected chi connectivity index (χ1v) is 9.67. The maximum atomic E-state index is 12.8. The number of nitrogens with one attached hydrogen (secondary N) is 1. The van der Waals surface area contributed by atoms with Crippen LogP contribution in [0.2, 0.25) is 0 Å². The molecule has 1 aromatic carbocycles. The van der Waals surface area contributed by atoms with E-state index in [2.05, 4.69) is 5.32 Å². The smallest absolute Gasteiger partial charge is 0.352 e. The second kappa shape index (κ2) is 9.22. The molecule has 27 heavy (non-hydrogen) atoms. The molecule has 1 aromatic rings. The second-order valence-electron chi connectivity index (χ2n) is 6.35. The minimum atomic E-state index is -4.61. The lowest BCUT2D eigenvalue weighted by molar-refractivity contribution is -0.137. The van der Waals surface area contributed by atoms with E-state index in [0.717, 1.165) is 22.5 Å². The van der Waals surface area contributed by atoms with Crippen LogP contribution in [0, 0.1) is 5.92 Å². The number of benzene rings is 1. The fourth-order valence-corrected chi connectivity index (χ4v) is 4.28. The van der Waals surface area contributed by atoms with Crippen LogP contribution >= 0.6 is 12.4 Å². The molecule has 6 nitrogen and oxygen atoms in total. The Morgan fingerprint density at radius 1 is 1.33 bits per heavy atom. The van der Waals surface area contributed by atoms with E-state index < -0.39 is 26.7 Å². The SMILES string of the molecule is C[C@@H](CN)NC(=O)C1CCN(S(=O)(=O)c2cccc(C(F)(F)F)c2)CC1.Cl. The molecule has 0 saturated carbocycles. The maximum Gasteiger partial charge on any atom is 0.416 e. The van der Waals surface area contributed by atoms with Gasteiger partial charge in [0.25, 0.3) is 0 Å². The van der Waals surface area contributed by atoms with Gasteiger partial charge in [-0.2, -0.15) is 17.5 Å². The summed E-state index contributed by atoms with van der Waals surface area (Å²) in [4.78, 5) is 11.7. The number of hydrogen-bond donors (Lipinski definition) is 2. The molecule has 0 aliphatic carbocycles. The van der Waals surface area contributed by atoms with Crippen LogP contribution in [0.4, 0.5) is 13.2 Å². The van der Waals surface area contributed by atoms with Crippen molar-refractivity contribution >= 4 is 28.3 Å². The molecule has 1 saturated heterocycles.